The van der Waals surface area contributed by atoms with Crippen molar-refractivity contribution in [3.05, 3.63) is 57.5 Å². The Hall–Kier alpha value is -1.23. The van der Waals surface area contributed by atoms with Crippen molar-refractivity contribution in [3.8, 4) is 0 Å². The van der Waals surface area contributed by atoms with Crippen molar-refractivity contribution in [2.45, 2.75) is 19.6 Å². The summed E-state index contributed by atoms with van der Waals surface area (Å²) in [5.41, 5.74) is 7.02. The first-order valence-corrected chi connectivity index (χ1v) is 6.75. The highest BCUT2D eigenvalue weighted by atomic mass is 32.1. The van der Waals surface area contributed by atoms with E-state index in [-0.39, 0.29) is 5.82 Å². The summed E-state index contributed by atoms with van der Waals surface area (Å²) in [6.07, 6.45) is 0.871. The van der Waals surface area contributed by atoms with Gasteiger partial charge in [0.1, 0.15) is 5.82 Å². The first kappa shape index (κ1) is 13.2. The Labute approximate surface area is 110 Å². The largest absolute Gasteiger partial charge is 0.376 e. The number of rotatable bonds is 6. The second kappa shape index (κ2) is 6.64. The number of hydrogen-bond donors (Lipinski definition) is 1. The molecule has 0 fully saturated rings. The number of nitrogens with two attached hydrogens (primary N) is 1. The third-order valence-electron chi connectivity index (χ3n) is 2.68. The smallest absolute Gasteiger partial charge is 0.128 e. The van der Waals surface area contributed by atoms with Gasteiger partial charge in [0.2, 0.25) is 0 Å². The molecule has 1 aromatic heterocycles. The van der Waals surface area contributed by atoms with Gasteiger partial charge in [-0.3, -0.25) is 0 Å². The van der Waals surface area contributed by atoms with Crippen LogP contribution in [0, 0.1) is 5.82 Å². The van der Waals surface area contributed by atoms with Crippen LogP contribution in [0.15, 0.2) is 35.7 Å². The van der Waals surface area contributed by atoms with Crippen molar-refractivity contribution in [2.75, 3.05) is 6.61 Å². The van der Waals surface area contributed by atoms with Crippen molar-refractivity contribution in [2.24, 2.45) is 5.73 Å². The Balaban J connectivity index is 1.82. The number of benzene rings is 1. The lowest BCUT2D eigenvalue weighted by Crippen LogP contribution is -2.03. The van der Waals surface area contributed by atoms with E-state index in [1.807, 2.05) is 11.4 Å². The predicted octanol–water partition coefficient (Wildman–Crippen LogP) is 3.11. The third-order valence-corrected chi connectivity index (χ3v) is 3.61. The highest BCUT2D eigenvalue weighted by Crippen LogP contribution is 2.13. The fourth-order valence-corrected chi connectivity index (χ4v) is 2.37. The van der Waals surface area contributed by atoms with Crippen molar-refractivity contribution in [1.82, 2.24) is 0 Å². The fraction of sp³-hybridized carbons (Fsp3) is 0.286. The van der Waals surface area contributed by atoms with Crippen LogP contribution in [0.25, 0.3) is 0 Å². The van der Waals surface area contributed by atoms with E-state index in [4.69, 9.17) is 10.5 Å². The Morgan fingerprint density at radius 2 is 2.17 bits per heavy atom. The molecular formula is C14H16FNOS. The molecule has 0 bridgehead atoms. The molecule has 2 N–H and O–H groups in total. The van der Waals surface area contributed by atoms with E-state index in [1.165, 1.54) is 10.9 Å². The van der Waals surface area contributed by atoms with Crippen LogP contribution < -0.4 is 5.73 Å². The van der Waals surface area contributed by atoms with Crippen molar-refractivity contribution in [1.29, 1.82) is 0 Å². The predicted molar refractivity (Wildman–Crippen MR) is 72.0 cm³/mol. The molecule has 0 radical (unpaired) electrons. The van der Waals surface area contributed by atoms with Gasteiger partial charge in [0.05, 0.1) is 13.2 Å². The zero-order valence-corrected chi connectivity index (χ0v) is 10.9. The molecule has 0 amide bonds. The van der Waals surface area contributed by atoms with Gasteiger partial charge in [0.15, 0.2) is 0 Å². The summed E-state index contributed by atoms with van der Waals surface area (Å²) in [4.78, 5) is 1.28. The Bertz CT molecular complexity index is 485. The zero-order valence-electron chi connectivity index (χ0n) is 10.1. The van der Waals surface area contributed by atoms with Crippen LogP contribution >= 0.6 is 11.3 Å². The van der Waals surface area contributed by atoms with Gasteiger partial charge >= 0.3 is 0 Å². The molecule has 1 aromatic carbocycles. The van der Waals surface area contributed by atoms with E-state index in [0.717, 1.165) is 12.0 Å². The maximum absolute atomic E-state index is 13.5. The SMILES string of the molecule is NCc1ccc(F)c(COCCc2cccs2)c1. The number of hydrogen-bond acceptors (Lipinski definition) is 3. The molecule has 2 rings (SSSR count). The second-order valence-electron chi connectivity index (χ2n) is 4.01. The highest BCUT2D eigenvalue weighted by Gasteiger charge is 2.03. The van der Waals surface area contributed by atoms with Crippen LogP contribution in [-0.2, 0) is 24.3 Å². The van der Waals surface area contributed by atoms with Gasteiger partial charge in [0, 0.05) is 23.4 Å². The molecule has 18 heavy (non-hydrogen) atoms. The molecule has 0 aliphatic heterocycles. The number of ether oxygens (including phenoxy) is 1. The lowest BCUT2D eigenvalue weighted by molar-refractivity contribution is 0.122. The molecule has 0 aliphatic rings. The Morgan fingerprint density at radius 1 is 1.28 bits per heavy atom. The first-order chi connectivity index (χ1) is 8.79. The third kappa shape index (κ3) is 3.63. The minimum Gasteiger partial charge on any atom is -0.376 e. The fourth-order valence-electron chi connectivity index (χ4n) is 1.68. The molecule has 0 spiro atoms. The minimum atomic E-state index is -0.233. The monoisotopic (exact) mass is 265 g/mol. The normalized spacial score (nSPS) is 10.8. The minimum absolute atomic E-state index is 0.233. The standard InChI is InChI=1S/C14H16FNOS/c15-14-4-3-11(9-16)8-12(14)10-17-6-5-13-2-1-7-18-13/h1-4,7-8H,5-6,9-10,16H2. The average Bonchev–Trinajstić information content (AvgIpc) is 2.89. The highest BCUT2D eigenvalue weighted by molar-refractivity contribution is 7.09. The van der Waals surface area contributed by atoms with Gasteiger partial charge in [0.25, 0.3) is 0 Å². The molecule has 4 heteroatoms. The maximum Gasteiger partial charge on any atom is 0.128 e. The Kier molecular flexibility index (Phi) is 4.87. The second-order valence-corrected chi connectivity index (χ2v) is 5.04. The lowest BCUT2D eigenvalue weighted by Gasteiger charge is -2.06. The summed E-state index contributed by atoms with van der Waals surface area (Å²) in [6, 6.07) is 9.00. The zero-order chi connectivity index (χ0) is 12.8. The van der Waals surface area contributed by atoms with Crippen molar-refractivity contribution >= 4 is 11.3 Å². The molecule has 0 unspecified atom stereocenters. The van der Waals surface area contributed by atoms with Gasteiger partial charge in [-0.25, -0.2) is 4.39 Å². The topological polar surface area (TPSA) is 35.2 Å². The number of thiophene rings is 1. The van der Waals surface area contributed by atoms with E-state index in [9.17, 15) is 4.39 Å². The maximum atomic E-state index is 13.5. The molecule has 0 saturated heterocycles. The average molecular weight is 265 g/mol. The summed E-state index contributed by atoms with van der Waals surface area (Å²) in [7, 11) is 0. The van der Waals surface area contributed by atoms with Crippen LogP contribution in [0.3, 0.4) is 0 Å². The van der Waals surface area contributed by atoms with Gasteiger partial charge in [-0.15, -0.1) is 11.3 Å². The van der Waals surface area contributed by atoms with Crippen molar-refractivity contribution in [3.63, 3.8) is 0 Å². The molecule has 0 atom stereocenters. The van der Waals surface area contributed by atoms with Gasteiger partial charge in [-0.2, -0.15) is 0 Å². The van der Waals surface area contributed by atoms with E-state index < -0.39 is 0 Å². The quantitative estimate of drug-likeness (QED) is 0.815. The molecule has 96 valence electrons. The molecule has 2 nitrogen and oxygen atoms in total. The summed E-state index contributed by atoms with van der Waals surface area (Å²) < 4.78 is 19.0. The Morgan fingerprint density at radius 3 is 2.89 bits per heavy atom. The molecule has 1 heterocycles. The number of halogens is 1. The van der Waals surface area contributed by atoms with E-state index >= 15 is 0 Å². The summed E-state index contributed by atoms with van der Waals surface area (Å²) in [5, 5.41) is 2.04. The molecule has 0 aliphatic carbocycles. The van der Waals surface area contributed by atoms with Gasteiger partial charge in [-0.05, 0) is 29.1 Å². The summed E-state index contributed by atoms with van der Waals surface area (Å²) in [6.45, 7) is 1.32. The lowest BCUT2D eigenvalue weighted by atomic mass is 10.1. The van der Waals surface area contributed by atoms with Crippen molar-refractivity contribution < 1.29 is 9.13 Å². The van der Waals surface area contributed by atoms with Crippen LogP contribution in [-0.4, -0.2) is 6.61 Å². The molecule has 2 aromatic rings. The molecular weight excluding hydrogens is 249 g/mol. The van der Waals surface area contributed by atoms with Crippen LogP contribution in [0.1, 0.15) is 16.0 Å². The summed E-state index contributed by atoms with van der Waals surface area (Å²) >= 11 is 1.71. The summed E-state index contributed by atoms with van der Waals surface area (Å²) in [5.74, 6) is -0.233. The first-order valence-electron chi connectivity index (χ1n) is 5.87. The van der Waals surface area contributed by atoms with Crippen LogP contribution in [0.5, 0.6) is 0 Å². The van der Waals surface area contributed by atoms with E-state index in [1.54, 1.807) is 23.5 Å². The van der Waals surface area contributed by atoms with Crippen LogP contribution in [0.2, 0.25) is 0 Å². The molecule has 0 saturated carbocycles. The van der Waals surface area contributed by atoms with Gasteiger partial charge < -0.3 is 10.5 Å². The van der Waals surface area contributed by atoms with E-state index in [0.29, 0.717) is 25.3 Å². The van der Waals surface area contributed by atoms with Gasteiger partial charge in [-0.1, -0.05) is 12.1 Å². The van der Waals surface area contributed by atoms with Crippen LogP contribution in [0.4, 0.5) is 4.39 Å². The van der Waals surface area contributed by atoms with E-state index in [2.05, 4.69) is 6.07 Å².